The standard InChI is InChI=1S/C17H23NO4S/c1-13-4-2-5-14(12-13)22-9-3-6-15(19)18-17(16(20)21)7-10-23-11-8-17/h2,4-5,12H,3,6-11H2,1H3,(H,18,19)(H,20,21). The molecule has 1 amide bonds. The van der Waals surface area contributed by atoms with Crippen LogP contribution in [0.25, 0.3) is 0 Å². The molecule has 0 aromatic heterocycles. The van der Waals surface area contributed by atoms with Crippen molar-refractivity contribution >= 4 is 23.6 Å². The smallest absolute Gasteiger partial charge is 0.329 e. The predicted molar refractivity (Wildman–Crippen MR) is 91.0 cm³/mol. The first-order valence-corrected chi connectivity index (χ1v) is 8.99. The van der Waals surface area contributed by atoms with Gasteiger partial charge in [0.1, 0.15) is 11.3 Å². The van der Waals surface area contributed by atoms with Gasteiger partial charge < -0.3 is 15.2 Å². The Morgan fingerprint density at radius 2 is 2.09 bits per heavy atom. The van der Waals surface area contributed by atoms with Crippen LogP contribution in [-0.4, -0.2) is 40.6 Å². The Morgan fingerprint density at radius 1 is 1.35 bits per heavy atom. The molecule has 1 aromatic rings. The minimum atomic E-state index is -1.08. The van der Waals surface area contributed by atoms with Crippen LogP contribution in [0.1, 0.15) is 31.2 Å². The molecular formula is C17H23NO4S. The van der Waals surface area contributed by atoms with Crippen LogP contribution in [0.2, 0.25) is 0 Å². The lowest BCUT2D eigenvalue weighted by atomic mass is 9.92. The van der Waals surface area contributed by atoms with Gasteiger partial charge in [-0.3, -0.25) is 4.79 Å². The summed E-state index contributed by atoms with van der Waals surface area (Å²) in [5.41, 5.74) is 0.0403. The minimum absolute atomic E-state index is 0.216. The van der Waals surface area contributed by atoms with Gasteiger partial charge in [0.25, 0.3) is 0 Å². The van der Waals surface area contributed by atoms with E-state index in [4.69, 9.17) is 4.74 Å². The molecule has 0 radical (unpaired) electrons. The highest BCUT2D eigenvalue weighted by Gasteiger charge is 2.40. The van der Waals surface area contributed by atoms with Crippen molar-refractivity contribution < 1.29 is 19.4 Å². The summed E-state index contributed by atoms with van der Waals surface area (Å²) in [6, 6.07) is 7.74. The van der Waals surface area contributed by atoms with E-state index in [1.54, 1.807) is 11.8 Å². The third-order valence-electron chi connectivity index (χ3n) is 3.94. The molecule has 0 saturated carbocycles. The summed E-state index contributed by atoms with van der Waals surface area (Å²) in [6.45, 7) is 2.43. The number of carbonyl (C=O) groups is 2. The summed E-state index contributed by atoms with van der Waals surface area (Å²) in [5, 5.41) is 12.2. The third-order valence-corrected chi connectivity index (χ3v) is 4.93. The number of ether oxygens (including phenoxy) is 1. The average Bonchev–Trinajstić information content (AvgIpc) is 2.52. The van der Waals surface area contributed by atoms with Crippen LogP contribution in [0.3, 0.4) is 0 Å². The van der Waals surface area contributed by atoms with E-state index >= 15 is 0 Å². The number of carbonyl (C=O) groups excluding carboxylic acids is 1. The zero-order valence-corrected chi connectivity index (χ0v) is 14.2. The first-order valence-electron chi connectivity index (χ1n) is 7.83. The molecule has 1 heterocycles. The maximum absolute atomic E-state index is 12.0. The first kappa shape index (κ1) is 17.7. The largest absolute Gasteiger partial charge is 0.494 e. The summed E-state index contributed by atoms with van der Waals surface area (Å²) in [6.07, 6.45) is 1.80. The number of aryl methyl sites for hydroxylation is 1. The van der Waals surface area contributed by atoms with Gasteiger partial charge in [0, 0.05) is 6.42 Å². The average molecular weight is 337 g/mol. The number of carboxylic acid groups (broad SMARTS) is 1. The van der Waals surface area contributed by atoms with Crippen LogP contribution in [0.15, 0.2) is 24.3 Å². The number of hydrogen-bond acceptors (Lipinski definition) is 4. The molecule has 1 fully saturated rings. The van der Waals surface area contributed by atoms with Gasteiger partial charge in [-0.05, 0) is 55.4 Å². The highest BCUT2D eigenvalue weighted by Crippen LogP contribution is 2.27. The van der Waals surface area contributed by atoms with E-state index in [0.717, 1.165) is 22.8 Å². The fraction of sp³-hybridized carbons (Fsp3) is 0.529. The predicted octanol–water partition coefficient (Wildman–Crippen LogP) is 2.62. The van der Waals surface area contributed by atoms with Crippen LogP contribution in [0.4, 0.5) is 0 Å². The molecule has 6 heteroatoms. The van der Waals surface area contributed by atoms with E-state index < -0.39 is 11.5 Å². The SMILES string of the molecule is Cc1cccc(OCCCC(=O)NC2(C(=O)O)CCSCC2)c1. The molecule has 1 aliphatic heterocycles. The number of hydrogen-bond donors (Lipinski definition) is 2. The van der Waals surface area contributed by atoms with Crippen molar-refractivity contribution in [2.75, 3.05) is 18.1 Å². The molecule has 0 bridgehead atoms. The third kappa shape index (κ3) is 5.16. The molecule has 0 aliphatic carbocycles. The second-order valence-electron chi connectivity index (χ2n) is 5.82. The van der Waals surface area contributed by atoms with Crippen LogP contribution >= 0.6 is 11.8 Å². The van der Waals surface area contributed by atoms with E-state index in [-0.39, 0.29) is 12.3 Å². The van der Waals surface area contributed by atoms with Crippen molar-refractivity contribution in [3.63, 3.8) is 0 Å². The highest BCUT2D eigenvalue weighted by atomic mass is 32.2. The Balaban J connectivity index is 1.75. The van der Waals surface area contributed by atoms with Crippen LogP contribution < -0.4 is 10.1 Å². The van der Waals surface area contributed by atoms with Crippen molar-refractivity contribution in [1.29, 1.82) is 0 Å². The Kier molecular flexibility index (Phi) is 6.33. The second kappa shape index (κ2) is 8.24. The Hall–Kier alpha value is -1.69. The topological polar surface area (TPSA) is 75.6 Å². The van der Waals surface area contributed by atoms with E-state index in [2.05, 4.69) is 5.32 Å². The number of nitrogens with one attached hydrogen (secondary N) is 1. The number of amides is 1. The van der Waals surface area contributed by atoms with Crippen LogP contribution in [0, 0.1) is 6.92 Å². The Labute approximate surface area is 140 Å². The molecular weight excluding hydrogens is 314 g/mol. The van der Waals surface area contributed by atoms with Gasteiger partial charge in [0.2, 0.25) is 5.91 Å². The van der Waals surface area contributed by atoms with Gasteiger partial charge in [-0.15, -0.1) is 0 Å². The maximum Gasteiger partial charge on any atom is 0.329 e. The maximum atomic E-state index is 12.0. The fourth-order valence-electron chi connectivity index (χ4n) is 2.57. The lowest BCUT2D eigenvalue weighted by Gasteiger charge is -2.33. The van der Waals surface area contributed by atoms with Gasteiger partial charge in [-0.1, -0.05) is 12.1 Å². The molecule has 1 aliphatic rings. The zero-order chi connectivity index (χ0) is 16.7. The van der Waals surface area contributed by atoms with Crippen molar-refractivity contribution in [2.45, 2.75) is 38.1 Å². The molecule has 0 atom stereocenters. The summed E-state index contributed by atoms with van der Waals surface area (Å²) in [7, 11) is 0. The summed E-state index contributed by atoms with van der Waals surface area (Å²) < 4.78 is 5.60. The van der Waals surface area contributed by atoms with Gasteiger partial charge in [-0.25, -0.2) is 4.79 Å². The first-order chi connectivity index (χ1) is 11.0. The van der Waals surface area contributed by atoms with Gasteiger partial charge in [-0.2, -0.15) is 11.8 Å². The lowest BCUT2D eigenvalue weighted by Crippen LogP contribution is -2.56. The minimum Gasteiger partial charge on any atom is -0.494 e. The Morgan fingerprint density at radius 3 is 2.74 bits per heavy atom. The molecule has 0 unspecified atom stereocenters. The van der Waals surface area contributed by atoms with Crippen molar-refractivity contribution in [3.8, 4) is 5.75 Å². The second-order valence-corrected chi connectivity index (χ2v) is 7.04. The van der Waals surface area contributed by atoms with E-state index in [1.807, 2.05) is 31.2 Å². The van der Waals surface area contributed by atoms with Gasteiger partial charge >= 0.3 is 5.97 Å². The van der Waals surface area contributed by atoms with E-state index in [1.165, 1.54) is 0 Å². The molecule has 23 heavy (non-hydrogen) atoms. The molecule has 2 rings (SSSR count). The summed E-state index contributed by atoms with van der Waals surface area (Å²) in [5.74, 6) is 1.18. The van der Waals surface area contributed by atoms with Crippen LogP contribution in [-0.2, 0) is 9.59 Å². The Bertz CT molecular complexity index is 555. The molecule has 1 saturated heterocycles. The van der Waals surface area contributed by atoms with Crippen molar-refractivity contribution in [2.24, 2.45) is 0 Å². The zero-order valence-electron chi connectivity index (χ0n) is 13.3. The molecule has 0 spiro atoms. The normalized spacial score (nSPS) is 16.6. The number of aliphatic carboxylic acids is 1. The number of benzene rings is 1. The summed E-state index contributed by atoms with van der Waals surface area (Å²) >= 11 is 1.73. The van der Waals surface area contributed by atoms with Crippen molar-refractivity contribution in [1.82, 2.24) is 5.32 Å². The van der Waals surface area contributed by atoms with Crippen LogP contribution in [0.5, 0.6) is 5.75 Å². The number of carboxylic acids is 1. The quantitative estimate of drug-likeness (QED) is 0.748. The lowest BCUT2D eigenvalue weighted by molar-refractivity contribution is -0.148. The number of rotatable bonds is 7. The number of thioether (sulfide) groups is 1. The molecule has 1 aromatic carbocycles. The van der Waals surface area contributed by atoms with E-state index in [9.17, 15) is 14.7 Å². The highest BCUT2D eigenvalue weighted by molar-refractivity contribution is 7.99. The molecule has 5 nitrogen and oxygen atoms in total. The molecule has 126 valence electrons. The molecule has 2 N–H and O–H groups in total. The summed E-state index contributed by atoms with van der Waals surface area (Å²) in [4.78, 5) is 23.6. The monoisotopic (exact) mass is 337 g/mol. The van der Waals surface area contributed by atoms with Crippen molar-refractivity contribution in [3.05, 3.63) is 29.8 Å². The fourth-order valence-corrected chi connectivity index (χ4v) is 3.76. The van der Waals surface area contributed by atoms with Gasteiger partial charge in [0.05, 0.1) is 6.61 Å². The van der Waals surface area contributed by atoms with E-state index in [0.29, 0.717) is 25.9 Å². The van der Waals surface area contributed by atoms with Gasteiger partial charge in [0.15, 0.2) is 0 Å².